The molecule has 0 aliphatic carbocycles. The average Bonchev–Trinajstić information content (AvgIpc) is 3.21. The number of carbonyl (C=O) groups is 2. The molecule has 2 heterocycles. The summed E-state index contributed by atoms with van der Waals surface area (Å²) in [5.74, 6) is -0.0243. The molecule has 5 heteroatoms. The number of rotatable bonds is 5. The molecule has 0 spiro atoms. The molecule has 0 radical (unpaired) electrons. The van der Waals surface area contributed by atoms with Gasteiger partial charge in [-0.2, -0.15) is 0 Å². The molecule has 0 fully saturated rings. The van der Waals surface area contributed by atoms with E-state index in [0.29, 0.717) is 18.5 Å². The highest BCUT2D eigenvalue weighted by Gasteiger charge is 2.12. The maximum atomic E-state index is 12.6. The van der Waals surface area contributed by atoms with E-state index in [9.17, 15) is 9.59 Å². The Labute approximate surface area is 175 Å². The first-order valence-corrected chi connectivity index (χ1v) is 9.99. The first-order chi connectivity index (χ1) is 14.6. The summed E-state index contributed by atoms with van der Waals surface area (Å²) in [7, 11) is 0. The molecule has 30 heavy (non-hydrogen) atoms. The maximum absolute atomic E-state index is 12.6. The zero-order valence-electron chi connectivity index (χ0n) is 17.1. The Morgan fingerprint density at radius 3 is 2.57 bits per heavy atom. The van der Waals surface area contributed by atoms with Gasteiger partial charge in [0.05, 0.1) is 5.52 Å². The van der Waals surface area contributed by atoms with E-state index in [0.717, 1.165) is 33.2 Å². The van der Waals surface area contributed by atoms with Gasteiger partial charge in [-0.3, -0.25) is 19.1 Å². The number of aromatic nitrogens is 2. The monoisotopic (exact) mass is 397 g/mol. The summed E-state index contributed by atoms with van der Waals surface area (Å²) < 4.78 is 1.69. The van der Waals surface area contributed by atoms with Gasteiger partial charge in [0.15, 0.2) is 0 Å². The second-order valence-electron chi connectivity index (χ2n) is 7.28. The summed E-state index contributed by atoms with van der Waals surface area (Å²) in [6.45, 7) is 4.25. The van der Waals surface area contributed by atoms with E-state index in [1.54, 1.807) is 17.0 Å². The topological polar surface area (TPSA) is 64.0 Å². The second kappa shape index (κ2) is 8.33. The lowest BCUT2D eigenvalue weighted by Crippen LogP contribution is -2.23. The van der Waals surface area contributed by atoms with Crippen LogP contribution in [0, 0.1) is 6.92 Å². The Morgan fingerprint density at radius 1 is 1.03 bits per heavy atom. The largest absolute Gasteiger partial charge is 0.348 e. The van der Waals surface area contributed by atoms with E-state index in [1.807, 2.05) is 68.6 Å². The molecule has 0 saturated heterocycles. The number of carbonyl (C=O) groups excluding carboxylic acids is 2. The molecule has 0 unspecified atom stereocenters. The Bertz CT molecular complexity index is 1230. The quantitative estimate of drug-likeness (QED) is 0.516. The highest BCUT2D eigenvalue weighted by molar-refractivity contribution is 5.97. The molecule has 1 N–H and O–H groups in total. The molecule has 0 bridgehead atoms. The van der Waals surface area contributed by atoms with Gasteiger partial charge in [-0.05, 0) is 59.5 Å². The van der Waals surface area contributed by atoms with Crippen LogP contribution in [0.1, 0.15) is 39.6 Å². The molecule has 0 aliphatic rings. The minimum Gasteiger partial charge on any atom is -0.348 e. The van der Waals surface area contributed by atoms with E-state index >= 15 is 0 Å². The number of nitrogens with one attached hydrogen (secondary N) is 1. The van der Waals surface area contributed by atoms with Crippen LogP contribution in [0.2, 0.25) is 0 Å². The Hall–Kier alpha value is -3.73. The molecular weight excluding hydrogens is 374 g/mol. The molecule has 2 aromatic carbocycles. The number of hydrogen-bond donors (Lipinski definition) is 1. The smallest absolute Gasteiger partial charge is 0.251 e. The molecule has 150 valence electrons. The predicted octanol–water partition coefficient (Wildman–Crippen LogP) is 4.99. The molecule has 0 saturated carbocycles. The van der Waals surface area contributed by atoms with E-state index < -0.39 is 0 Å². The van der Waals surface area contributed by atoms with Gasteiger partial charge in [0, 0.05) is 42.5 Å². The van der Waals surface area contributed by atoms with Crippen molar-refractivity contribution in [3.63, 3.8) is 0 Å². The zero-order chi connectivity index (χ0) is 21.1. The normalized spacial score (nSPS) is 10.9. The summed E-state index contributed by atoms with van der Waals surface area (Å²) in [6.07, 6.45) is 5.74. The Kier molecular flexibility index (Phi) is 5.44. The van der Waals surface area contributed by atoms with Gasteiger partial charge in [-0.25, -0.2) is 0 Å². The molecule has 4 aromatic rings. The van der Waals surface area contributed by atoms with Crippen LogP contribution in [0.5, 0.6) is 0 Å². The summed E-state index contributed by atoms with van der Waals surface area (Å²) >= 11 is 0. The molecule has 0 aliphatic heterocycles. The molecular formula is C25H23N3O2. The number of nitrogens with zero attached hydrogens (tertiary/aromatic N) is 2. The fourth-order valence-electron chi connectivity index (χ4n) is 3.59. The van der Waals surface area contributed by atoms with Crippen molar-refractivity contribution in [3.8, 4) is 11.1 Å². The molecule has 5 nitrogen and oxygen atoms in total. The first-order valence-electron chi connectivity index (χ1n) is 9.99. The van der Waals surface area contributed by atoms with E-state index in [2.05, 4.69) is 16.4 Å². The van der Waals surface area contributed by atoms with Crippen molar-refractivity contribution >= 4 is 22.7 Å². The van der Waals surface area contributed by atoms with E-state index in [1.165, 1.54) is 0 Å². The third-order valence-electron chi connectivity index (χ3n) is 5.24. The lowest BCUT2D eigenvalue weighted by molar-refractivity contribution is 0.0912. The molecule has 0 atom stereocenters. The van der Waals surface area contributed by atoms with Gasteiger partial charge < -0.3 is 5.32 Å². The standard InChI is InChI=1S/C25H23N3O2/c1-3-24(29)28-12-10-21-14-20(7-9-23(21)28)19-6-8-22(17(2)13-19)25(30)27-16-18-5-4-11-26-15-18/h4-15H,3,16H2,1-2H3,(H,27,30). The van der Waals surface area contributed by atoms with Crippen molar-refractivity contribution in [1.82, 2.24) is 14.9 Å². The fourth-order valence-corrected chi connectivity index (χ4v) is 3.59. The summed E-state index contributed by atoms with van der Waals surface area (Å²) in [5.41, 5.74) is 5.52. The minimum absolute atomic E-state index is 0.0789. The van der Waals surface area contributed by atoms with Gasteiger partial charge in [-0.1, -0.05) is 31.2 Å². The van der Waals surface area contributed by atoms with Crippen molar-refractivity contribution in [2.45, 2.75) is 26.8 Å². The number of fused-ring (bicyclic) bond motifs is 1. The van der Waals surface area contributed by atoms with Gasteiger partial charge >= 0.3 is 0 Å². The van der Waals surface area contributed by atoms with Crippen LogP contribution in [-0.4, -0.2) is 21.4 Å². The summed E-state index contributed by atoms with van der Waals surface area (Å²) in [4.78, 5) is 28.7. The third-order valence-corrected chi connectivity index (χ3v) is 5.24. The number of pyridine rings is 1. The van der Waals surface area contributed by atoms with Crippen molar-refractivity contribution in [2.24, 2.45) is 0 Å². The van der Waals surface area contributed by atoms with Crippen LogP contribution in [0.3, 0.4) is 0 Å². The van der Waals surface area contributed by atoms with Crippen molar-refractivity contribution in [2.75, 3.05) is 0 Å². The molecule has 4 rings (SSSR count). The zero-order valence-corrected chi connectivity index (χ0v) is 17.1. The van der Waals surface area contributed by atoms with Crippen LogP contribution in [0.4, 0.5) is 0 Å². The van der Waals surface area contributed by atoms with Gasteiger partial charge in [0.2, 0.25) is 5.91 Å². The van der Waals surface area contributed by atoms with Gasteiger partial charge in [0.1, 0.15) is 0 Å². The number of hydrogen-bond acceptors (Lipinski definition) is 3. The molecule has 2 aromatic heterocycles. The second-order valence-corrected chi connectivity index (χ2v) is 7.28. The van der Waals surface area contributed by atoms with Crippen molar-refractivity contribution in [3.05, 3.63) is 89.9 Å². The lowest BCUT2D eigenvalue weighted by Gasteiger charge is -2.10. The van der Waals surface area contributed by atoms with E-state index in [4.69, 9.17) is 0 Å². The van der Waals surface area contributed by atoms with Crippen LogP contribution in [-0.2, 0) is 6.54 Å². The minimum atomic E-state index is -0.103. The Balaban J connectivity index is 1.55. The van der Waals surface area contributed by atoms with Gasteiger partial charge in [0.25, 0.3) is 5.91 Å². The van der Waals surface area contributed by atoms with Crippen LogP contribution in [0.25, 0.3) is 22.0 Å². The highest BCUT2D eigenvalue weighted by atomic mass is 16.2. The highest BCUT2D eigenvalue weighted by Crippen LogP contribution is 2.27. The van der Waals surface area contributed by atoms with Crippen molar-refractivity contribution in [1.29, 1.82) is 0 Å². The van der Waals surface area contributed by atoms with E-state index in [-0.39, 0.29) is 11.8 Å². The summed E-state index contributed by atoms with van der Waals surface area (Å²) in [5, 5.41) is 3.96. The lowest BCUT2D eigenvalue weighted by atomic mass is 9.98. The van der Waals surface area contributed by atoms with Crippen molar-refractivity contribution < 1.29 is 9.59 Å². The average molecular weight is 397 g/mol. The van der Waals surface area contributed by atoms with Crippen LogP contribution >= 0.6 is 0 Å². The van der Waals surface area contributed by atoms with Crippen LogP contribution < -0.4 is 5.32 Å². The number of aryl methyl sites for hydroxylation is 1. The molecule has 1 amide bonds. The third kappa shape index (κ3) is 3.87. The first kappa shape index (κ1) is 19.6. The fraction of sp³-hybridized carbons (Fsp3) is 0.160. The number of benzene rings is 2. The van der Waals surface area contributed by atoms with Crippen LogP contribution in [0.15, 0.2) is 73.2 Å². The Morgan fingerprint density at radius 2 is 1.83 bits per heavy atom. The maximum Gasteiger partial charge on any atom is 0.251 e. The van der Waals surface area contributed by atoms with Gasteiger partial charge in [-0.15, -0.1) is 0 Å². The summed E-state index contributed by atoms with van der Waals surface area (Å²) in [6, 6.07) is 17.6. The SMILES string of the molecule is CCC(=O)n1ccc2cc(-c3ccc(C(=O)NCc4cccnc4)c(C)c3)ccc21. The number of amides is 1. The predicted molar refractivity (Wildman–Crippen MR) is 118 cm³/mol.